The number of aryl methyl sites for hydroxylation is 1. The maximum atomic E-state index is 5.70. The van der Waals surface area contributed by atoms with Crippen LogP contribution in [0, 0.1) is 0 Å². The van der Waals surface area contributed by atoms with Crippen molar-refractivity contribution in [2.24, 2.45) is 0 Å². The Morgan fingerprint density at radius 1 is 1.18 bits per heavy atom. The maximum Gasteiger partial charge on any atom is 0.177 e. The lowest BCUT2D eigenvalue weighted by molar-refractivity contribution is 0.309. The number of nitrogens with two attached hydrogens (primary N) is 1. The number of hydrogen-bond acceptors (Lipinski definition) is 5. The highest BCUT2D eigenvalue weighted by atomic mass is 16.5. The van der Waals surface area contributed by atoms with E-state index >= 15 is 0 Å². The average Bonchev–Trinajstić information content (AvgIpc) is 2.94. The molecule has 2 heterocycles. The molecule has 114 valence electrons. The summed E-state index contributed by atoms with van der Waals surface area (Å²) in [6.07, 6.45) is 3.27. The van der Waals surface area contributed by atoms with E-state index < -0.39 is 0 Å². The van der Waals surface area contributed by atoms with Crippen LogP contribution in [0.25, 0.3) is 11.2 Å². The van der Waals surface area contributed by atoms with E-state index in [1.807, 2.05) is 30.3 Å². The predicted molar refractivity (Wildman–Crippen MR) is 85.1 cm³/mol. The zero-order valence-corrected chi connectivity index (χ0v) is 12.4. The van der Waals surface area contributed by atoms with Crippen molar-refractivity contribution in [2.75, 3.05) is 19.5 Å². The van der Waals surface area contributed by atoms with Crippen LogP contribution in [0.15, 0.2) is 36.5 Å². The van der Waals surface area contributed by atoms with Crippen LogP contribution in [0.5, 0.6) is 11.5 Å². The fourth-order valence-corrected chi connectivity index (χ4v) is 2.19. The second-order valence-electron chi connectivity index (χ2n) is 4.95. The summed E-state index contributed by atoms with van der Waals surface area (Å²) >= 11 is 0. The second-order valence-corrected chi connectivity index (χ2v) is 4.95. The number of nitrogens with zero attached hydrogens (tertiary/aromatic N) is 2. The first-order chi connectivity index (χ1) is 10.7. The van der Waals surface area contributed by atoms with Gasteiger partial charge in [-0.15, -0.1) is 0 Å². The van der Waals surface area contributed by atoms with Crippen LogP contribution in [-0.2, 0) is 6.42 Å². The Labute approximate surface area is 128 Å². The summed E-state index contributed by atoms with van der Waals surface area (Å²) in [7, 11) is 1.64. The topological polar surface area (TPSA) is 86.1 Å². The smallest absolute Gasteiger partial charge is 0.177 e. The molecule has 0 aliphatic heterocycles. The normalized spacial score (nSPS) is 10.8. The van der Waals surface area contributed by atoms with Gasteiger partial charge in [0.2, 0.25) is 0 Å². The van der Waals surface area contributed by atoms with Crippen molar-refractivity contribution in [3.8, 4) is 11.5 Å². The second kappa shape index (κ2) is 6.34. The first-order valence-corrected chi connectivity index (χ1v) is 7.11. The predicted octanol–water partition coefficient (Wildman–Crippen LogP) is 2.56. The van der Waals surface area contributed by atoms with Gasteiger partial charge in [-0.3, -0.25) is 0 Å². The Hall–Kier alpha value is -2.76. The lowest BCUT2D eigenvalue weighted by Gasteiger charge is -2.06. The molecule has 0 radical (unpaired) electrons. The molecule has 0 saturated carbocycles. The number of anilines is 1. The van der Waals surface area contributed by atoms with Gasteiger partial charge in [-0.25, -0.2) is 9.97 Å². The highest BCUT2D eigenvalue weighted by Gasteiger charge is 2.04. The van der Waals surface area contributed by atoms with Crippen molar-refractivity contribution in [1.82, 2.24) is 15.0 Å². The molecule has 0 unspecified atom stereocenters. The molecule has 0 saturated heterocycles. The average molecular weight is 298 g/mol. The van der Waals surface area contributed by atoms with Gasteiger partial charge in [0.1, 0.15) is 17.3 Å². The molecule has 0 amide bonds. The monoisotopic (exact) mass is 298 g/mol. The van der Waals surface area contributed by atoms with Crippen molar-refractivity contribution in [1.29, 1.82) is 0 Å². The number of ether oxygens (including phenoxy) is 2. The van der Waals surface area contributed by atoms with Crippen LogP contribution in [0.1, 0.15) is 12.2 Å². The number of imidazole rings is 1. The van der Waals surface area contributed by atoms with Crippen molar-refractivity contribution in [3.63, 3.8) is 0 Å². The first-order valence-electron chi connectivity index (χ1n) is 7.11. The van der Waals surface area contributed by atoms with Crippen LogP contribution in [0.4, 0.5) is 5.69 Å². The third-order valence-corrected chi connectivity index (χ3v) is 3.29. The minimum Gasteiger partial charge on any atom is -0.497 e. The van der Waals surface area contributed by atoms with E-state index in [-0.39, 0.29) is 0 Å². The van der Waals surface area contributed by atoms with E-state index in [1.54, 1.807) is 13.3 Å². The van der Waals surface area contributed by atoms with Crippen LogP contribution >= 0.6 is 0 Å². The van der Waals surface area contributed by atoms with Gasteiger partial charge in [-0.2, -0.15) is 0 Å². The van der Waals surface area contributed by atoms with Crippen LogP contribution in [-0.4, -0.2) is 28.7 Å². The van der Waals surface area contributed by atoms with E-state index in [0.29, 0.717) is 17.9 Å². The van der Waals surface area contributed by atoms with Gasteiger partial charge in [0.25, 0.3) is 0 Å². The van der Waals surface area contributed by atoms with Gasteiger partial charge in [-0.05, 0) is 36.8 Å². The Bertz CT molecular complexity index is 752. The molecule has 1 aromatic carbocycles. The van der Waals surface area contributed by atoms with E-state index in [9.17, 15) is 0 Å². The zero-order valence-electron chi connectivity index (χ0n) is 12.4. The quantitative estimate of drug-likeness (QED) is 0.683. The largest absolute Gasteiger partial charge is 0.497 e. The summed E-state index contributed by atoms with van der Waals surface area (Å²) in [5, 5.41) is 0. The van der Waals surface area contributed by atoms with Gasteiger partial charge in [0, 0.05) is 6.42 Å². The minimum absolute atomic E-state index is 0.624. The Morgan fingerprint density at radius 3 is 2.73 bits per heavy atom. The number of methoxy groups -OCH3 is 1. The van der Waals surface area contributed by atoms with Crippen molar-refractivity contribution >= 4 is 16.9 Å². The fourth-order valence-electron chi connectivity index (χ4n) is 2.19. The van der Waals surface area contributed by atoms with Crippen LogP contribution in [0.2, 0.25) is 0 Å². The van der Waals surface area contributed by atoms with Crippen molar-refractivity contribution in [3.05, 3.63) is 42.4 Å². The minimum atomic E-state index is 0.624. The number of nitrogen functional groups attached to an aromatic ring is 1. The first kappa shape index (κ1) is 14.2. The molecule has 2 aromatic heterocycles. The fraction of sp³-hybridized carbons (Fsp3) is 0.250. The molecule has 0 bridgehead atoms. The number of rotatable bonds is 6. The SMILES string of the molecule is COc1ccc(OCCCc2nc3ncc(N)cc3[nH]2)cc1. The summed E-state index contributed by atoms with van der Waals surface area (Å²) in [5.74, 6) is 2.55. The molecule has 6 nitrogen and oxygen atoms in total. The summed E-state index contributed by atoms with van der Waals surface area (Å²) in [5.41, 5.74) is 7.89. The van der Waals surface area contributed by atoms with Gasteiger partial charge >= 0.3 is 0 Å². The number of aromatic nitrogens is 3. The molecule has 0 atom stereocenters. The van der Waals surface area contributed by atoms with E-state index in [0.717, 1.165) is 35.7 Å². The summed E-state index contributed by atoms with van der Waals surface area (Å²) in [6.45, 7) is 0.624. The summed E-state index contributed by atoms with van der Waals surface area (Å²) < 4.78 is 10.8. The molecule has 3 aromatic rings. The Kier molecular flexibility index (Phi) is 4.09. The zero-order chi connectivity index (χ0) is 15.4. The Morgan fingerprint density at radius 2 is 1.95 bits per heavy atom. The van der Waals surface area contributed by atoms with Crippen LogP contribution < -0.4 is 15.2 Å². The van der Waals surface area contributed by atoms with Crippen molar-refractivity contribution < 1.29 is 9.47 Å². The number of hydrogen-bond donors (Lipinski definition) is 2. The molecule has 3 N–H and O–H groups in total. The number of benzene rings is 1. The molecule has 0 fully saturated rings. The number of pyridine rings is 1. The van der Waals surface area contributed by atoms with Gasteiger partial charge in [0.15, 0.2) is 5.65 Å². The lowest BCUT2D eigenvalue weighted by Crippen LogP contribution is -2.00. The maximum absolute atomic E-state index is 5.70. The summed E-state index contributed by atoms with van der Waals surface area (Å²) in [4.78, 5) is 11.8. The molecular formula is C16H18N4O2. The standard InChI is InChI=1S/C16H18N4O2/c1-21-12-4-6-13(7-5-12)22-8-2-3-15-19-14-9-11(17)10-18-16(14)20-15/h4-7,9-10H,2-3,8,17H2,1H3,(H,18,19,20). The van der Waals surface area contributed by atoms with Crippen LogP contribution in [0.3, 0.4) is 0 Å². The van der Waals surface area contributed by atoms with Gasteiger partial charge in [0.05, 0.1) is 31.1 Å². The number of aromatic amines is 1. The number of H-pyrrole nitrogens is 1. The molecule has 0 aliphatic rings. The molecule has 3 rings (SSSR count). The van der Waals surface area contributed by atoms with Crippen molar-refractivity contribution in [2.45, 2.75) is 12.8 Å². The lowest BCUT2D eigenvalue weighted by atomic mass is 10.3. The highest BCUT2D eigenvalue weighted by molar-refractivity contribution is 5.73. The molecule has 0 spiro atoms. The van der Waals surface area contributed by atoms with E-state index in [1.165, 1.54) is 0 Å². The third kappa shape index (κ3) is 3.28. The Balaban J connectivity index is 1.51. The van der Waals surface area contributed by atoms with Gasteiger partial charge < -0.3 is 20.2 Å². The highest BCUT2D eigenvalue weighted by Crippen LogP contribution is 2.17. The molecule has 0 aliphatic carbocycles. The molecule has 22 heavy (non-hydrogen) atoms. The summed E-state index contributed by atoms with van der Waals surface area (Å²) in [6, 6.07) is 9.39. The van der Waals surface area contributed by atoms with E-state index in [4.69, 9.17) is 15.2 Å². The molecular weight excluding hydrogens is 280 g/mol. The third-order valence-electron chi connectivity index (χ3n) is 3.29. The number of nitrogens with one attached hydrogen (secondary N) is 1. The number of fused-ring (bicyclic) bond motifs is 1. The van der Waals surface area contributed by atoms with Gasteiger partial charge in [-0.1, -0.05) is 0 Å². The molecule has 6 heteroatoms. The van der Waals surface area contributed by atoms with E-state index in [2.05, 4.69) is 15.0 Å².